The summed E-state index contributed by atoms with van der Waals surface area (Å²) in [5, 5.41) is 6.39. The van der Waals surface area contributed by atoms with Crippen molar-refractivity contribution in [1.29, 1.82) is 0 Å². The molecule has 4 aromatic carbocycles. The zero-order chi connectivity index (χ0) is 21.7. The Labute approximate surface area is 190 Å². The van der Waals surface area contributed by atoms with Crippen LogP contribution in [0.2, 0.25) is 0 Å². The van der Waals surface area contributed by atoms with Crippen molar-refractivity contribution in [2.75, 3.05) is 5.32 Å². The van der Waals surface area contributed by atoms with Crippen molar-refractivity contribution >= 4 is 27.7 Å². The average Bonchev–Trinajstić information content (AvgIpc) is 2.83. The first-order chi connectivity index (χ1) is 15.7. The summed E-state index contributed by atoms with van der Waals surface area (Å²) in [7, 11) is 0. The van der Waals surface area contributed by atoms with Gasteiger partial charge in [0.1, 0.15) is 0 Å². The molecule has 156 valence electrons. The van der Waals surface area contributed by atoms with E-state index in [0.717, 1.165) is 19.3 Å². The second kappa shape index (κ2) is 7.53. The molecule has 1 N–H and O–H groups in total. The predicted molar refractivity (Wildman–Crippen MR) is 138 cm³/mol. The lowest BCUT2D eigenvalue weighted by Gasteiger charge is -2.25. The minimum absolute atomic E-state index is 0.965. The van der Waals surface area contributed by atoms with E-state index in [4.69, 9.17) is 0 Å². The molecule has 0 spiro atoms. The van der Waals surface area contributed by atoms with E-state index >= 15 is 0 Å². The van der Waals surface area contributed by atoms with Gasteiger partial charge in [0.15, 0.2) is 0 Å². The monoisotopic (exact) mass is 413 g/mol. The van der Waals surface area contributed by atoms with Gasteiger partial charge < -0.3 is 5.32 Å². The van der Waals surface area contributed by atoms with E-state index in [2.05, 4.69) is 104 Å². The van der Waals surface area contributed by atoms with Gasteiger partial charge in [-0.15, -0.1) is 0 Å². The van der Waals surface area contributed by atoms with Crippen molar-refractivity contribution in [2.24, 2.45) is 0 Å². The van der Waals surface area contributed by atoms with E-state index in [1.807, 2.05) is 0 Å². The molecule has 6 rings (SSSR count). The molecule has 0 radical (unpaired) electrons. The highest BCUT2D eigenvalue weighted by atomic mass is 14.9. The Morgan fingerprint density at radius 1 is 0.812 bits per heavy atom. The van der Waals surface area contributed by atoms with Gasteiger partial charge in [0.25, 0.3) is 0 Å². The topological polar surface area (TPSA) is 12.0 Å². The normalized spacial score (nSPS) is 14.8. The minimum Gasteiger partial charge on any atom is -0.355 e. The lowest BCUT2D eigenvalue weighted by molar-refractivity contribution is 0.967. The van der Waals surface area contributed by atoms with Crippen LogP contribution in [-0.4, -0.2) is 0 Å². The molecule has 1 nitrogen and oxygen atoms in total. The summed E-state index contributed by atoms with van der Waals surface area (Å²) < 4.78 is 0. The van der Waals surface area contributed by atoms with Gasteiger partial charge in [-0.1, -0.05) is 78.4 Å². The predicted octanol–water partition coefficient (Wildman–Crippen LogP) is 8.59. The third kappa shape index (κ3) is 3.08. The molecule has 0 atom stereocenters. The number of rotatable bonds is 2. The highest BCUT2D eigenvalue weighted by Crippen LogP contribution is 2.41. The molecule has 1 aliphatic carbocycles. The molecule has 1 aliphatic heterocycles. The molecular formula is C31H27N. The van der Waals surface area contributed by atoms with Gasteiger partial charge in [-0.25, -0.2) is 0 Å². The maximum Gasteiger partial charge on any atom is 0.0426 e. The molecule has 0 bridgehead atoms. The summed E-state index contributed by atoms with van der Waals surface area (Å²) in [6, 6.07) is 26.8. The second-order valence-electron chi connectivity index (χ2n) is 9.12. The number of nitrogens with one attached hydrogen (secondary N) is 1. The lowest BCUT2D eigenvalue weighted by atomic mass is 9.85. The zero-order valence-electron chi connectivity index (χ0n) is 18.7. The Bertz CT molecular complexity index is 1430. The number of benzene rings is 4. The molecule has 4 aromatic rings. The van der Waals surface area contributed by atoms with Crippen LogP contribution in [0, 0.1) is 6.92 Å². The molecule has 0 saturated carbocycles. The summed E-state index contributed by atoms with van der Waals surface area (Å²) in [6.45, 7) is 4.52. The van der Waals surface area contributed by atoms with Crippen molar-refractivity contribution in [3.05, 3.63) is 113 Å². The van der Waals surface area contributed by atoms with Crippen LogP contribution < -0.4 is 5.32 Å². The Morgan fingerprint density at radius 3 is 2.62 bits per heavy atom. The van der Waals surface area contributed by atoms with Crippen LogP contribution in [0.5, 0.6) is 0 Å². The SMILES string of the molecule is CC1=C(c2c(C)cccc2-c2ccc3c(c2)Nc2ccc4ccccc4c2C3)C=CCC1. The Hall–Kier alpha value is -3.58. The molecule has 32 heavy (non-hydrogen) atoms. The van der Waals surface area contributed by atoms with Crippen molar-refractivity contribution in [3.63, 3.8) is 0 Å². The van der Waals surface area contributed by atoms with E-state index in [1.165, 1.54) is 66.7 Å². The fraction of sp³-hybridized carbons (Fsp3) is 0.161. The summed E-state index contributed by atoms with van der Waals surface area (Å²) in [5.41, 5.74) is 13.4. The maximum absolute atomic E-state index is 3.74. The molecule has 0 saturated heterocycles. The molecular weight excluding hydrogens is 386 g/mol. The van der Waals surface area contributed by atoms with Crippen LogP contribution in [0.25, 0.3) is 27.5 Å². The van der Waals surface area contributed by atoms with Crippen molar-refractivity contribution in [1.82, 2.24) is 0 Å². The number of hydrogen-bond donors (Lipinski definition) is 1. The van der Waals surface area contributed by atoms with E-state index in [-0.39, 0.29) is 0 Å². The van der Waals surface area contributed by atoms with Gasteiger partial charge >= 0.3 is 0 Å². The Morgan fingerprint density at radius 2 is 1.72 bits per heavy atom. The van der Waals surface area contributed by atoms with Gasteiger partial charge in [-0.05, 0) is 88.5 Å². The largest absolute Gasteiger partial charge is 0.355 e. The molecule has 0 fully saturated rings. The number of hydrogen-bond acceptors (Lipinski definition) is 1. The number of anilines is 2. The van der Waals surface area contributed by atoms with Crippen molar-refractivity contribution < 1.29 is 0 Å². The highest BCUT2D eigenvalue weighted by molar-refractivity contribution is 5.94. The smallest absolute Gasteiger partial charge is 0.0426 e. The van der Waals surface area contributed by atoms with Crippen LogP contribution in [0.3, 0.4) is 0 Å². The van der Waals surface area contributed by atoms with Gasteiger partial charge in [0.05, 0.1) is 0 Å². The van der Waals surface area contributed by atoms with Crippen LogP contribution in [0.15, 0.2) is 90.5 Å². The quantitative estimate of drug-likeness (QED) is 0.305. The van der Waals surface area contributed by atoms with Crippen molar-refractivity contribution in [2.45, 2.75) is 33.1 Å². The zero-order valence-corrected chi connectivity index (χ0v) is 18.7. The summed E-state index contributed by atoms with van der Waals surface area (Å²) in [4.78, 5) is 0. The van der Waals surface area contributed by atoms with Crippen molar-refractivity contribution in [3.8, 4) is 11.1 Å². The molecule has 0 amide bonds. The first kappa shape index (κ1) is 19.1. The maximum atomic E-state index is 3.74. The average molecular weight is 414 g/mol. The molecule has 1 heteroatoms. The number of aryl methyl sites for hydroxylation is 1. The fourth-order valence-corrected chi connectivity index (χ4v) is 5.33. The second-order valence-corrected chi connectivity index (χ2v) is 9.12. The lowest BCUT2D eigenvalue weighted by Crippen LogP contribution is -2.07. The molecule has 0 aromatic heterocycles. The Balaban J connectivity index is 1.46. The number of allylic oxidation sites excluding steroid dienone is 4. The van der Waals surface area contributed by atoms with Gasteiger partial charge in [0, 0.05) is 17.8 Å². The van der Waals surface area contributed by atoms with E-state index in [0.29, 0.717) is 0 Å². The first-order valence-corrected chi connectivity index (χ1v) is 11.6. The minimum atomic E-state index is 0.965. The fourth-order valence-electron chi connectivity index (χ4n) is 5.33. The van der Waals surface area contributed by atoms with Gasteiger partial charge in [0.2, 0.25) is 0 Å². The van der Waals surface area contributed by atoms with Crippen LogP contribution in [0.4, 0.5) is 11.4 Å². The van der Waals surface area contributed by atoms with Gasteiger partial charge in [-0.2, -0.15) is 0 Å². The summed E-state index contributed by atoms with van der Waals surface area (Å²) >= 11 is 0. The summed E-state index contributed by atoms with van der Waals surface area (Å²) in [6.07, 6.45) is 7.90. The standard InChI is InChI=1S/C31H27N/c1-20-8-3-5-11-25(20)31-21(2)9-7-13-27(31)23-14-15-24-18-28-26-12-6-4-10-22(26)16-17-29(28)32-30(24)19-23/h4-7,9-17,19,32H,3,8,18H2,1-2H3. The van der Waals surface area contributed by atoms with E-state index in [1.54, 1.807) is 0 Å². The highest BCUT2D eigenvalue weighted by Gasteiger charge is 2.19. The van der Waals surface area contributed by atoms with E-state index < -0.39 is 0 Å². The third-order valence-electron chi connectivity index (χ3n) is 7.07. The van der Waals surface area contributed by atoms with Crippen LogP contribution >= 0.6 is 0 Å². The third-order valence-corrected chi connectivity index (χ3v) is 7.07. The number of fused-ring (bicyclic) bond motifs is 4. The molecule has 2 aliphatic rings. The first-order valence-electron chi connectivity index (χ1n) is 11.6. The van der Waals surface area contributed by atoms with Crippen LogP contribution in [0.1, 0.15) is 42.0 Å². The molecule has 0 unspecified atom stereocenters. The summed E-state index contributed by atoms with van der Waals surface area (Å²) in [5.74, 6) is 0. The molecule has 1 heterocycles. The Kier molecular flexibility index (Phi) is 4.50. The van der Waals surface area contributed by atoms with Gasteiger partial charge in [-0.3, -0.25) is 0 Å². The van der Waals surface area contributed by atoms with E-state index in [9.17, 15) is 0 Å². The van der Waals surface area contributed by atoms with Crippen LogP contribution in [-0.2, 0) is 6.42 Å².